The SMILES string of the molecule is CC(C)CC(C)OC(=O)c1ccc(Cl)c(S(N)(=O)=O)c1. The van der Waals surface area contributed by atoms with Crippen LogP contribution in [-0.4, -0.2) is 20.5 Å². The third kappa shape index (κ3) is 4.77. The van der Waals surface area contributed by atoms with E-state index in [-0.39, 0.29) is 21.6 Å². The first-order chi connectivity index (χ1) is 9.11. The molecule has 20 heavy (non-hydrogen) atoms. The molecule has 1 unspecified atom stereocenters. The number of carbonyl (C=O) groups is 1. The Morgan fingerprint density at radius 2 is 1.95 bits per heavy atom. The van der Waals surface area contributed by atoms with Crippen LogP contribution in [0.1, 0.15) is 37.6 Å². The lowest BCUT2D eigenvalue weighted by Gasteiger charge is -2.15. The van der Waals surface area contributed by atoms with E-state index < -0.39 is 16.0 Å². The molecule has 2 N–H and O–H groups in total. The van der Waals surface area contributed by atoms with Crippen molar-refractivity contribution < 1.29 is 17.9 Å². The first-order valence-corrected chi connectivity index (χ1v) is 8.07. The molecule has 0 fully saturated rings. The predicted octanol–water partition coefficient (Wildman–Crippen LogP) is 2.58. The second-order valence-corrected chi connectivity index (χ2v) is 6.97. The van der Waals surface area contributed by atoms with Gasteiger partial charge in [-0.3, -0.25) is 0 Å². The number of esters is 1. The number of halogens is 1. The number of primary sulfonamides is 1. The lowest BCUT2D eigenvalue weighted by atomic mass is 10.1. The Morgan fingerprint density at radius 3 is 2.45 bits per heavy atom. The predicted molar refractivity (Wildman–Crippen MR) is 77.2 cm³/mol. The van der Waals surface area contributed by atoms with Crippen LogP contribution in [0.2, 0.25) is 5.02 Å². The van der Waals surface area contributed by atoms with Crippen LogP contribution in [0.3, 0.4) is 0 Å². The molecule has 0 heterocycles. The Morgan fingerprint density at radius 1 is 1.35 bits per heavy atom. The van der Waals surface area contributed by atoms with E-state index >= 15 is 0 Å². The molecule has 0 saturated heterocycles. The molecule has 1 rings (SSSR count). The smallest absolute Gasteiger partial charge is 0.338 e. The van der Waals surface area contributed by atoms with Gasteiger partial charge in [-0.1, -0.05) is 25.4 Å². The summed E-state index contributed by atoms with van der Waals surface area (Å²) in [5.41, 5.74) is 0.106. The van der Waals surface area contributed by atoms with Gasteiger partial charge >= 0.3 is 5.97 Å². The summed E-state index contributed by atoms with van der Waals surface area (Å²) in [6.45, 7) is 5.83. The highest BCUT2D eigenvalue weighted by Gasteiger charge is 2.18. The molecule has 112 valence electrons. The highest BCUT2D eigenvalue weighted by atomic mass is 35.5. The Bertz CT molecular complexity index is 598. The molecule has 0 aliphatic carbocycles. The molecule has 1 aromatic rings. The molecule has 1 aromatic carbocycles. The fourth-order valence-electron chi connectivity index (χ4n) is 1.81. The molecule has 7 heteroatoms. The minimum atomic E-state index is -3.98. The standard InChI is InChI=1S/C13H18ClNO4S/c1-8(2)6-9(3)19-13(16)10-4-5-11(14)12(7-10)20(15,17)18/h4-5,7-9H,6H2,1-3H3,(H2,15,17,18). The number of sulfonamides is 1. The third-order valence-corrected chi connectivity index (χ3v) is 3.98. The Labute approximate surface area is 124 Å². The summed E-state index contributed by atoms with van der Waals surface area (Å²) in [6.07, 6.45) is 0.470. The van der Waals surface area contributed by atoms with Gasteiger partial charge in [0.25, 0.3) is 0 Å². The van der Waals surface area contributed by atoms with Gasteiger partial charge < -0.3 is 4.74 Å². The minimum absolute atomic E-state index is 0.0284. The maximum Gasteiger partial charge on any atom is 0.338 e. The first-order valence-electron chi connectivity index (χ1n) is 6.14. The van der Waals surface area contributed by atoms with Crippen LogP contribution in [0, 0.1) is 5.92 Å². The number of hydrogen-bond acceptors (Lipinski definition) is 4. The molecule has 0 bridgehead atoms. The lowest BCUT2D eigenvalue weighted by molar-refractivity contribution is 0.0299. The molecule has 0 spiro atoms. The summed E-state index contributed by atoms with van der Waals surface area (Å²) in [5, 5.41) is 5.00. The van der Waals surface area contributed by atoms with Gasteiger partial charge in [-0.15, -0.1) is 0 Å². The number of hydrogen-bond donors (Lipinski definition) is 1. The molecular formula is C13H18ClNO4S. The van der Waals surface area contributed by atoms with Crippen molar-refractivity contribution in [1.29, 1.82) is 0 Å². The average Bonchev–Trinajstić information content (AvgIpc) is 2.26. The van der Waals surface area contributed by atoms with Gasteiger partial charge in [-0.2, -0.15) is 0 Å². The highest BCUT2D eigenvalue weighted by Crippen LogP contribution is 2.22. The number of rotatable bonds is 5. The minimum Gasteiger partial charge on any atom is -0.459 e. The number of carbonyl (C=O) groups excluding carboxylic acids is 1. The summed E-state index contributed by atoms with van der Waals surface area (Å²) in [6, 6.07) is 3.84. The van der Waals surface area contributed by atoms with E-state index in [1.54, 1.807) is 6.92 Å². The average molecular weight is 320 g/mol. The molecule has 0 amide bonds. The second kappa shape index (κ2) is 6.56. The van der Waals surface area contributed by atoms with Crippen molar-refractivity contribution in [1.82, 2.24) is 0 Å². The van der Waals surface area contributed by atoms with Crippen LogP contribution in [-0.2, 0) is 14.8 Å². The van der Waals surface area contributed by atoms with E-state index in [0.29, 0.717) is 5.92 Å². The monoisotopic (exact) mass is 319 g/mol. The summed E-state index contributed by atoms with van der Waals surface area (Å²) < 4.78 is 27.9. The van der Waals surface area contributed by atoms with E-state index in [4.69, 9.17) is 21.5 Å². The van der Waals surface area contributed by atoms with Crippen molar-refractivity contribution in [3.8, 4) is 0 Å². The van der Waals surface area contributed by atoms with Crippen molar-refractivity contribution in [2.24, 2.45) is 11.1 Å². The summed E-state index contributed by atoms with van der Waals surface area (Å²) >= 11 is 5.75. The maximum absolute atomic E-state index is 11.9. The molecule has 0 saturated carbocycles. The van der Waals surface area contributed by atoms with E-state index in [1.165, 1.54) is 12.1 Å². The quantitative estimate of drug-likeness (QED) is 0.845. The fraction of sp³-hybridized carbons (Fsp3) is 0.462. The van der Waals surface area contributed by atoms with E-state index in [1.807, 2.05) is 13.8 Å². The van der Waals surface area contributed by atoms with Crippen molar-refractivity contribution in [3.05, 3.63) is 28.8 Å². The fourth-order valence-corrected chi connectivity index (χ4v) is 2.88. The Kier molecular flexibility index (Phi) is 5.56. The van der Waals surface area contributed by atoms with Crippen LogP contribution in [0.25, 0.3) is 0 Å². The highest BCUT2D eigenvalue weighted by molar-refractivity contribution is 7.89. The normalized spacial score (nSPS) is 13.3. The van der Waals surface area contributed by atoms with Crippen molar-refractivity contribution in [3.63, 3.8) is 0 Å². The van der Waals surface area contributed by atoms with E-state index in [0.717, 1.165) is 12.5 Å². The van der Waals surface area contributed by atoms with Crippen LogP contribution in [0.5, 0.6) is 0 Å². The van der Waals surface area contributed by atoms with Crippen LogP contribution in [0.4, 0.5) is 0 Å². The van der Waals surface area contributed by atoms with Gasteiger partial charge in [0.15, 0.2) is 0 Å². The van der Waals surface area contributed by atoms with Crippen molar-refractivity contribution in [2.75, 3.05) is 0 Å². The third-order valence-electron chi connectivity index (χ3n) is 2.58. The molecule has 0 radical (unpaired) electrons. The maximum atomic E-state index is 11.9. The largest absolute Gasteiger partial charge is 0.459 e. The Hall–Kier alpha value is -1.11. The van der Waals surface area contributed by atoms with Gasteiger partial charge in [0, 0.05) is 0 Å². The van der Waals surface area contributed by atoms with Crippen LogP contribution >= 0.6 is 11.6 Å². The summed E-state index contributed by atoms with van der Waals surface area (Å²) in [5.74, 6) is -0.206. The van der Waals surface area contributed by atoms with E-state index in [9.17, 15) is 13.2 Å². The zero-order valence-electron chi connectivity index (χ0n) is 11.6. The molecule has 0 aliphatic heterocycles. The topological polar surface area (TPSA) is 86.5 Å². The van der Waals surface area contributed by atoms with Gasteiger partial charge in [0.05, 0.1) is 16.7 Å². The Balaban J connectivity index is 2.95. The van der Waals surface area contributed by atoms with E-state index in [2.05, 4.69) is 0 Å². The second-order valence-electron chi connectivity index (χ2n) is 5.04. The summed E-state index contributed by atoms with van der Waals surface area (Å²) in [4.78, 5) is 11.6. The molecule has 1 atom stereocenters. The number of benzene rings is 1. The zero-order valence-corrected chi connectivity index (χ0v) is 13.2. The van der Waals surface area contributed by atoms with Gasteiger partial charge in [-0.05, 0) is 37.5 Å². The van der Waals surface area contributed by atoms with Crippen molar-refractivity contribution in [2.45, 2.75) is 38.2 Å². The number of nitrogens with two attached hydrogens (primary N) is 1. The van der Waals surface area contributed by atoms with Crippen molar-refractivity contribution >= 4 is 27.6 Å². The molecular weight excluding hydrogens is 302 g/mol. The summed E-state index contributed by atoms with van der Waals surface area (Å²) in [7, 11) is -3.98. The first kappa shape index (κ1) is 16.9. The van der Waals surface area contributed by atoms with Gasteiger partial charge in [-0.25, -0.2) is 18.4 Å². The zero-order chi connectivity index (χ0) is 15.5. The van der Waals surface area contributed by atoms with Gasteiger partial charge in [0.1, 0.15) is 4.90 Å². The number of ether oxygens (including phenoxy) is 1. The van der Waals surface area contributed by atoms with Gasteiger partial charge in [0.2, 0.25) is 10.0 Å². The van der Waals surface area contributed by atoms with Crippen LogP contribution in [0.15, 0.2) is 23.1 Å². The molecule has 0 aromatic heterocycles. The lowest BCUT2D eigenvalue weighted by Crippen LogP contribution is -2.18. The van der Waals surface area contributed by atoms with Crippen LogP contribution < -0.4 is 5.14 Å². The molecule has 5 nitrogen and oxygen atoms in total. The molecule has 0 aliphatic rings.